The molecule has 0 unspecified atom stereocenters. The zero-order chi connectivity index (χ0) is 18.0. The molecule has 0 saturated carbocycles. The SMILES string of the molecule is CC1=C(C(=O)Nc2ccc(Br)cc2)[C@H](c2cccc(Cl)c2)NC(=S)N1. The minimum atomic E-state index is -0.372. The molecule has 1 amide bonds. The van der Waals surface area contributed by atoms with E-state index in [9.17, 15) is 4.79 Å². The first kappa shape index (κ1) is 17.9. The Morgan fingerprint density at radius 1 is 1.24 bits per heavy atom. The predicted octanol–water partition coefficient (Wildman–Crippen LogP) is 4.53. The summed E-state index contributed by atoms with van der Waals surface area (Å²) in [5, 5.41) is 10.2. The third-order valence-electron chi connectivity index (χ3n) is 3.80. The van der Waals surface area contributed by atoms with Crippen molar-refractivity contribution in [2.24, 2.45) is 0 Å². The van der Waals surface area contributed by atoms with Gasteiger partial charge in [0, 0.05) is 20.9 Å². The number of rotatable bonds is 3. The van der Waals surface area contributed by atoms with Gasteiger partial charge in [0.1, 0.15) is 0 Å². The molecular formula is C18H15BrClN3OS. The van der Waals surface area contributed by atoms with Crippen LogP contribution in [-0.4, -0.2) is 11.0 Å². The molecule has 3 rings (SSSR count). The van der Waals surface area contributed by atoms with Crippen LogP contribution in [0.3, 0.4) is 0 Å². The number of amides is 1. The van der Waals surface area contributed by atoms with Gasteiger partial charge in [-0.3, -0.25) is 4.79 Å². The number of thiocarbonyl (C=S) groups is 1. The molecular weight excluding hydrogens is 422 g/mol. The van der Waals surface area contributed by atoms with Gasteiger partial charge in [0.25, 0.3) is 5.91 Å². The van der Waals surface area contributed by atoms with Gasteiger partial charge in [-0.15, -0.1) is 0 Å². The van der Waals surface area contributed by atoms with Gasteiger partial charge in [0.15, 0.2) is 5.11 Å². The predicted molar refractivity (Wildman–Crippen MR) is 109 cm³/mol. The van der Waals surface area contributed by atoms with Gasteiger partial charge >= 0.3 is 0 Å². The number of nitrogens with one attached hydrogen (secondary N) is 3. The first-order valence-corrected chi connectivity index (χ1v) is 9.12. The van der Waals surface area contributed by atoms with E-state index in [4.69, 9.17) is 23.8 Å². The lowest BCUT2D eigenvalue weighted by atomic mass is 9.95. The van der Waals surface area contributed by atoms with Gasteiger partial charge in [-0.25, -0.2) is 0 Å². The third kappa shape index (κ3) is 4.21. The lowest BCUT2D eigenvalue weighted by Crippen LogP contribution is -2.45. The second-order valence-corrected chi connectivity index (χ2v) is 7.35. The summed E-state index contributed by atoms with van der Waals surface area (Å²) in [6, 6.07) is 14.4. The normalized spacial score (nSPS) is 16.9. The number of benzene rings is 2. The fraction of sp³-hybridized carbons (Fsp3) is 0.111. The van der Waals surface area contributed by atoms with Crippen molar-refractivity contribution in [3.8, 4) is 0 Å². The van der Waals surface area contributed by atoms with Gasteiger partial charge in [0.2, 0.25) is 0 Å². The van der Waals surface area contributed by atoms with Gasteiger partial charge < -0.3 is 16.0 Å². The van der Waals surface area contributed by atoms with Crippen molar-refractivity contribution in [1.82, 2.24) is 10.6 Å². The minimum Gasteiger partial charge on any atom is -0.351 e. The van der Waals surface area contributed by atoms with Crippen LogP contribution in [0.25, 0.3) is 0 Å². The fourth-order valence-electron chi connectivity index (χ4n) is 2.66. The van der Waals surface area contributed by atoms with Crippen LogP contribution in [0.5, 0.6) is 0 Å². The minimum absolute atomic E-state index is 0.202. The molecule has 1 atom stereocenters. The molecule has 128 valence electrons. The Morgan fingerprint density at radius 2 is 1.96 bits per heavy atom. The highest BCUT2D eigenvalue weighted by atomic mass is 79.9. The second-order valence-electron chi connectivity index (χ2n) is 5.59. The molecule has 0 saturated heterocycles. The standard InChI is InChI=1S/C18H15BrClN3OS/c1-10-15(17(24)22-14-7-5-12(19)6-8-14)16(23-18(25)21-10)11-3-2-4-13(20)9-11/h2-9,16H,1H3,(H,22,24)(H2,21,23,25)/t16-/m0/s1. The lowest BCUT2D eigenvalue weighted by Gasteiger charge is -2.30. The van der Waals surface area contributed by atoms with Crippen molar-refractivity contribution in [2.45, 2.75) is 13.0 Å². The molecule has 0 aromatic heterocycles. The summed E-state index contributed by atoms with van der Waals surface area (Å²) in [5.74, 6) is -0.202. The molecule has 3 N–H and O–H groups in total. The van der Waals surface area contributed by atoms with Crippen LogP contribution in [-0.2, 0) is 4.79 Å². The van der Waals surface area contributed by atoms with Gasteiger partial charge in [0.05, 0.1) is 11.6 Å². The van der Waals surface area contributed by atoms with Crippen LogP contribution >= 0.6 is 39.7 Å². The Labute approximate surface area is 164 Å². The molecule has 2 aromatic carbocycles. The summed E-state index contributed by atoms with van der Waals surface area (Å²) in [6.45, 7) is 1.83. The third-order valence-corrected chi connectivity index (χ3v) is 4.78. The molecule has 0 spiro atoms. The maximum atomic E-state index is 12.9. The number of halogens is 2. The largest absolute Gasteiger partial charge is 0.351 e. The highest BCUT2D eigenvalue weighted by Crippen LogP contribution is 2.29. The van der Waals surface area contributed by atoms with Crippen LogP contribution in [0.4, 0.5) is 5.69 Å². The summed E-state index contributed by atoms with van der Waals surface area (Å²) in [7, 11) is 0. The Kier molecular flexibility index (Phi) is 5.42. The zero-order valence-corrected chi connectivity index (χ0v) is 16.4. The van der Waals surface area contributed by atoms with Crippen LogP contribution in [0.2, 0.25) is 5.02 Å². The highest BCUT2D eigenvalue weighted by molar-refractivity contribution is 9.10. The van der Waals surface area contributed by atoms with E-state index in [2.05, 4.69) is 31.9 Å². The summed E-state index contributed by atoms with van der Waals surface area (Å²) in [4.78, 5) is 12.9. The Balaban J connectivity index is 1.94. The van der Waals surface area contributed by atoms with Crippen LogP contribution in [0.1, 0.15) is 18.5 Å². The van der Waals surface area contributed by atoms with E-state index >= 15 is 0 Å². The van der Waals surface area contributed by atoms with E-state index in [0.717, 1.165) is 10.0 Å². The van der Waals surface area contributed by atoms with Crippen LogP contribution in [0.15, 0.2) is 64.3 Å². The molecule has 1 aliphatic heterocycles. The molecule has 0 radical (unpaired) electrons. The topological polar surface area (TPSA) is 53.2 Å². The zero-order valence-electron chi connectivity index (χ0n) is 13.3. The van der Waals surface area contributed by atoms with Gasteiger partial charge in [-0.2, -0.15) is 0 Å². The van der Waals surface area contributed by atoms with E-state index in [1.807, 2.05) is 49.4 Å². The molecule has 1 aliphatic rings. The van der Waals surface area contributed by atoms with E-state index in [1.165, 1.54) is 0 Å². The summed E-state index contributed by atoms with van der Waals surface area (Å²) < 4.78 is 0.948. The van der Waals surface area contributed by atoms with E-state index < -0.39 is 0 Å². The summed E-state index contributed by atoms with van der Waals surface area (Å²) in [5.41, 5.74) is 2.87. The van der Waals surface area contributed by atoms with Gasteiger partial charge in [-0.1, -0.05) is 39.7 Å². The van der Waals surface area contributed by atoms with Crippen molar-refractivity contribution in [1.29, 1.82) is 0 Å². The van der Waals surface area contributed by atoms with E-state index in [0.29, 0.717) is 27.1 Å². The molecule has 0 aliphatic carbocycles. The van der Waals surface area contributed by atoms with E-state index in [1.54, 1.807) is 6.07 Å². The number of carbonyl (C=O) groups is 1. The maximum absolute atomic E-state index is 12.9. The van der Waals surface area contributed by atoms with Crippen molar-refractivity contribution >= 4 is 56.5 Å². The smallest absolute Gasteiger partial charge is 0.255 e. The first-order valence-electron chi connectivity index (χ1n) is 7.54. The molecule has 7 heteroatoms. The summed E-state index contributed by atoms with van der Waals surface area (Å²) in [6.07, 6.45) is 0. The highest BCUT2D eigenvalue weighted by Gasteiger charge is 2.30. The van der Waals surface area contributed by atoms with Crippen molar-refractivity contribution in [3.05, 3.63) is 74.9 Å². The number of allylic oxidation sites excluding steroid dienone is 1. The van der Waals surface area contributed by atoms with Crippen molar-refractivity contribution in [2.75, 3.05) is 5.32 Å². The monoisotopic (exact) mass is 435 g/mol. The van der Waals surface area contributed by atoms with Crippen LogP contribution < -0.4 is 16.0 Å². The molecule has 4 nitrogen and oxygen atoms in total. The quantitative estimate of drug-likeness (QED) is 0.619. The molecule has 25 heavy (non-hydrogen) atoms. The number of anilines is 1. The fourth-order valence-corrected chi connectivity index (χ4v) is 3.40. The Morgan fingerprint density at radius 3 is 2.64 bits per heavy atom. The molecule has 2 aromatic rings. The average molecular weight is 437 g/mol. The van der Waals surface area contributed by atoms with Crippen molar-refractivity contribution < 1.29 is 4.79 Å². The summed E-state index contributed by atoms with van der Waals surface area (Å²) >= 11 is 14.7. The van der Waals surface area contributed by atoms with Gasteiger partial charge in [-0.05, 0) is 61.1 Å². The number of carbonyl (C=O) groups excluding carboxylic acids is 1. The lowest BCUT2D eigenvalue weighted by molar-refractivity contribution is -0.113. The molecule has 0 fully saturated rings. The first-order chi connectivity index (χ1) is 11.9. The Hall–Kier alpha value is -1.89. The van der Waals surface area contributed by atoms with Crippen LogP contribution in [0, 0.1) is 0 Å². The second kappa shape index (κ2) is 7.56. The van der Waals surface area contributed by atoms with E-state index in [-0.39, 0.29) is 11.9 Å². The number of hydrogen-bond acceptors (Lipinski definition) is 2. The van der Waals surface area contributed by atoms with Crippen molar-refractivity contribution in [3.63, 3.8) is 0 Å². The maximum Gasteiger partial charge on any atom is 0.255 e. The average Bonchev–Trinajstić information content (AvgIpc) is 2.56. The number of hydrogen-bond donors (Lipinski definition) is 3. The molecule has 1 heterocycles. The Bertz CT molecular complexity index is 867. The molecule has 0 bridgehead atoms.